The van der Waals surface area contributed by atoms with Crippen molar-refractivity contribution in [3.63, 3.8) is 0 Å². The number of carbonyl (C=O) groups excluding carboxylic acids is 1. The molecule has 0 saturated carbocycles. The fourth-order valence-corrected chi connectivity index (χ4v) is 13.8. The second kappa shape index (κ2) is 24.8. The molecule has 0 aromatic heterocycles. The van der Waals surface area contributed by atoms with Gasteiger partial charge in [-0.05, 0) is 158 Å². The van der Waals surface area contributed by atoms with Gasteiger partial charge in [-0.1, -0.05) is 32.4 Å². The first kappa shape index (κ1) is 46.7. The summed E-state index contributed by atoms with van der Waals surface area (Å²) in [6.45, 7) is 13.2. The lowest BCUT2D eigenvalue weighted by Crippen LogP contribution is -2.57. The predicted octanol–water partition coefficient (Wildman–Crippen LogP) is 7.15. The lowest BCUT2D eigenvalue weighted by atomic mass is 9.90. The van der Waals surface area contributed by atoms with E-state index < -0.39 is 39.7 Å². The van der Waals surface area contributed by atoms with Crippen LogP contribution in [0.1, 0.15) is 55.4 Å². The first-order valence-corrected chi connectivity index (χ1v) is 23.3. The Balaban J connectivity index is 6.98. The van der Waals surface area contributed by atoms with Crippen LogP contribution in [0.25, 0.3) is 0 Å². The molecule has 0 aromatic carbocycles. The molecule has 0 spiro atoms. The molecule has 0 aliphatic carbocycles. The molecule has 0 bridgehead atoms. The molecule has 22 heteroatoms. The van der Waals surface area contributed by atoms with Crippen molar-refractivity contribution in [2.75, 3.05) is 6.61 Å². The van der Waals surface area contributed by atoms with Crippen LogP contribution in [0.15, 0.2) is 0 Å². The van der Waals surface area contributed by atoms with Crippen LogP contribution in [-0.4, -0.2) is 96.7 Å². The smallest absolute Gasteiger partial charge is 0.332 e. The van der Waals surface area contributed by atoms with E-state index in [1.54, 1.807) is 55.4 Å². The van der Waals surface area contributed by atoms with E-state index in [9.17, 15) is 25.2 Å². The molecule has 4 unspecified atom stereocenters. The van der Waals surface area contributed by atoms with E-state index >= 15 is 0 Å². The first-order valence-electron chi connectivity index (χ1n) is 12.9. The van der Waals surface area contributed by atoms with E-state index in [2.05, 4.69) is 0 Å². The summed E-state index contributed by atoms with van der Waals surface area (Å²) in [6, 6.07) is 0. The Kier molecular flexibility index (Phi) is 25.7. The highest BCUT2D eigenvalue weighted by Gasteiger charge is 2.60. The fraction of sp³-hybridized carbons (Fsp3) is 0.783. The van der Waals surface area contributed by atoms with Crippen molar-refractivity contribution in [3.8, 4) is 0 Å². The fourth-order valence-electron chi connectivity index (χ4n) is 2.51. The molecule has 0 heterocycles. The summed E-state index contributed by atoms with van der Waals surface area (Å²) < 4.78 is 28.0. The molecule has 4 atom stereocenters. The van der Waals surface area contributed by atoms with Crippen LogP contribution in [0.4, 0.5) is 0 Å². The molecular weight excluding hydrogens is 821 g/mol. The van der Waals surface area contributed by atoms with Crippen molar-refractivity contribution in [2.45, 2.75) is 102 Å². The summed E-state index contributed by atoms with van der Waals surface area (Å²) in [5.41, 5.74) is -8.87. The summed E-state index contributed by atoms with van der Waals surface area (Å²) in [5.74, 6) is -1.09. The number of rotatable bonds is 18. The van der Waals surface area contributed by atoms with Crippen molar-refractivity contribution in [2.24, 2.45) is 5.41 Å². The highest BCUT2D eigenvalue weighted by atomic mass is 33.1. The zero-order valence-corrected chi connectivity index (χ0v) is 35.3. The maximum absolute atomic E-state index is 12.6. The molecule has 262 valence electrons. The van der Waals surface area contributed by atoms with Crippen molar-refractivity contribution < 1.29 is 48.9 Å². The van der Waals surface area contributed by atoms with Gasteiger partial charge in [-0.2, -0.15) is 0 Å². The molecule has 0 saturated heterocycles. The summed E-state index contributed by atoms with van der Waals surface area (Å²) in [5, 5.41) is 45.2. The molecule has 10 nitrogen and oxygen atoms in total. The molecule has 0 amide bonds. The van der Waals surface area contributed by atoms with Crippen molar-refractivity contribution >= 4 is 159 Å². The number of aliphatic hydroxyl groups is 4. The van der Waals surface area contributed by atoms with Crippen LogP contribution in [0.2, 0.25) is 0 Å². The Morgan fingerprint density at radius 2 is 0.822 bits per heavy atom. The van der Waals surface area contributed by atoms with Gasteiger partial charge in [-0.15, -0.1) is 0 Å². The second-order valence-corrected chi connectivity index (χ2v) is 20.9. The Labute approximate surface area is 318 Å². The molecule has 4 N–H and O–H groups in total. The lowest BCUT2D eigenvalue weighted by Gasteiger charge is -2.46. The third-order valence-corrected chi connectivity index (χ3v) is 15.8. The lowest BCUT2D eigenvalue weighted by molar-refractivity contribution is -0.162. The summed E-state index contributed by atoms with van der Waals surface area (Å²) in [4.78, 5) is 12.6. The molecule has 0 radical (unpaired) electrons. The molecule has 0 aliphatic rings. The molecule has 0 aromatic rings. The third-order valence-electron chi connectivity index (χ3n) is 4.21. The topological polar surface area (TPSA) is 144 Å². The zero-order chi connectivity index (χ0) is 34.9. The Bertz CT molecular complexity index is 877. The SMILES string of the molecule is CC(C)OC(=S)SSC(O)C(C(O)SSC(=S)OC(C)C)(C(O)SSC(=S)OC(C)C)C(OC(=O)CO)SSC(=S)OC(C)C. The Morgan fingerprint density at radius 1 is 0.556 bits per heavy atom. The maximum atomic E-state index is 12.6. The average molecular weight is 859 g/mol. The van der Waals surface area contributed by atoms with Crippen LogP contribution in [0, 0.1) is 5.41 Å². The normalized spacial score (nSPS) is 15.6. The number of aliphatic hydroxyl groups excluding tert-OH is 4. The number of hydrogen-bond acceptors (Lipinski definition) is 22. The van der Waals surface area contributed by atoms with Crippen LogP contribution < -0.4 is 0 Å². The van der Waals surface area contributed by atoms with Gasteiger partial charge < -0.3 is 44.1 Å². The number of thiocarbonyl (C=S) groups is 4. The molecular formula is C23H38O10S12. The molecule has 0 fully saturated rings. The van der Waals surface area contributed by atoms with Gasteiger partial charge in [0.25, 0.3) is 0 Å². The van der Waals surface area contributed by atoms with Gasteiger partial charge in [0.2, 0.25) is 17.5 Å². The van der Waals surface area contributed by atoms with Crippen molar-refractivity contribution in [1.29, 1.82) is 0 Å². The van der Waals surface area contributed by atoms with E-state index in [-0.39, 0.29) is 41.9 Å². The van der Waals surface area contributed by atoms with Gasteiger partial charge in [0, 0.05) is 0 Å². The number of carbonyl (C=O) groups is 1. The Morgan fingerprint density at radius 3 is 1.07 bits per heavy atom. The van der Waals surface area contributed by atoms with E-state index in [1.807, 2.05) is 0 Å². The molecule has 0 rings (SSSR count). The second-order valence-electron chi connectivity index (χ2n) is 9.42. The highest BCUT2D eigenvalue weighted by molar-refractivity contribution is 8.85. The standard InChI is InChI=1S/C23H38O10S12/c1-10(2)29-19(34)42-38-15(26)23(16(27)39-43-20(35)30-11(3)4,17(28)40-44-21(36)31-12(5)6)18(33-14(25)9-24)41-45-22(37)32-13(7)8/h10-13,15-18,24,26-28H,9H2,1-8H3. The van der Waals surface area contributed by atoms with E-state index in [1.165, 1.54) is 0 Å². The summed E-state index contributed by atoms with van der Waals surface area (Å²) in [7, 11) is 6.59. The monoisotopic (exact) mass is 858 g/mol. The van der Waals surface area contributed by atoms with Gasteiger partial charge in [0.15, 0.2) is 5.44 Å². The van der Waals surface area contributed by atoms with Gasteiger partial charge >= 0.3 is 5.97 Å². The Hall–Kier alpha value is 1.67. The van der Waals surface area contributed by atoms with Crippen LogP contribution in [0.3, 0.4) is 0 Å². The molecule has 0 aliphatic heterocycles. The van der Waals surface area contributed by atoms with Gasteiger partial charge in [-0.25, -0.2) is 4.79 Å². The average Bonchev–Trinajstić information content (AvgIpc) is 2.91. The third kappa shape index (κ3) is 19.0. The minimum atomic E-state index is -2.16. The van der Waals surface area contributed by atoms with Crippen LogP contribution >= 0.6 is 135 Å². The van der Waals surface area contributed by atoms with Crippen molar-refractivity contribution in [3.05, 3.63) is 0 Å². The molecule has 45 heavy (non-hydrogen) atoms. The summed E-state index contributed by atoms with van der Waals surface area (Å²) in [6.07, 6.45) is -1.02. The number of ether oxygens (including phenoxy) is 5. The first-order chi connectivity index (χ1) is 20.9. The highest BCUT2D eigenvalue weighted by Crippen LogP contribution is 2.58. The van der Waals surface area contributed by atoms with E-state index in [0.717, 1.165) is 86.4 Å². The van der Waals surface area contributed by atoms with Gasteiger partial charge in [-0.3, -0.25) is 0 Å². The largest absolute Gasteiger partial charge is 0.475 e. The maximum Gasteiger partial charge on any atom is 0.332 e. The van der Waals surface area contributed by atoms with Crippen LogP contribution in [-0.2, 0) is 28.5 Å². The quantitative estimate of drug-likeness (QED) is 0.0479. The number of esters is 1. The minimum Gasteiger partial charge on any atom is -0.475 e. The zero-order valence-electron chi connectivity index (χ0n) is 25.5. The minimum absolute atomic E-state index is 0.0584. The number of hydrogen-bond donors (Lipinski definition) is 4. The predicted molar refractivity (Wildman–Crippen MR) is 213 cm³/mol. The van der Waals surface area contributed by atoms with E-state index in [4.69, 9.17) is 72.6 Å². The summed E-state index contributed by atoms with van der Waals surface area (Å²) >= 11 is 21.1. The van der Waals surface area contributed by atoms with E-state index in [0.29, 0.717) is 0 Å². The van der Waals surface area contributed by atoms with Crippen LogP contribution in [0.5, 0.6) is 0 Å². The van der Waals surface area contributed by atoms with Gasteiger partial charge in [0.1, 0.15) is 28.3 Å². The van der Waals surface area contributed by atoms with Gasteiger partial charge in [0.05, 0.1) is 24.4 Å². The van der Waals surface area contributed by atoms with Crippen molar-refractivity contribution in [1.82, 2.24) is 0 Å².